The number of ether oxygens (including phenoxy) is 4. The average Bonchev–Trinajstić information content (AvgIpc) is 3.33. The van der Waals surface area contributed by atoms with Crippen molar-refractivity contribution in [3.8, 4) is 0 Å². The van der Waals surface area contributed by atoms with E-state index in [0.29, 0.717) is 76.2 Å². The van der Waals surface area contributed by atoms with Crippen LogP contribution < -0.4 is 5.32 Å². The predicted molar refractivity (Wildman–Crippen MR) is 273 cm³/mol. The van der Waals surface area contributed by atoms with Crippen LogP contribution in [0.1, 0.15) is 138 Å². The Morgan fingerprint density at radius 2 is 1.60 bits per heavy atom. The van der Waals surface area contributed by atoms with Gasteiger partial charge in [-0.2, -0.15) is 0 Å². The van der Waals surface area contributed by atoms with Gasteiger partial charge in [0.15, 0.2) is 5.78 Å². The number of nitrogens with zero attached hydrogens (tertiary/aromatic N) is 1. The van der Waals surface area contributed by atoms with Gasteiger partial charge < -0.3 is 44.5 Å². The van der Waals surface area contributed by atoms with Crippen LogP contribution in [0.4, 0.5) is 5.69 Å². The first kappa shape index (κ1) is 56.9. The molecule has 1 aromatic rings. The maximum Gasteiger partial charge on any atom is 0.329 e. The van der Waals surface area contributed by atoms with Crippen LogP contribution in [-0.4, -0.2) is 119 Å². The molecule has 1 aliphatic carbocycles. The fourth-order valence-electron chi connectivity index (χ4n) is 11.2. The number of cyclic esters (lactones) is 1. The molecule has 2 bridgehead atoms. The van der Waals surface area contributed by atoms with E-state index in [2.05, 4.69) is 31.3 Å². The van der Waals surface area contributed by atoms with Crippen LogP contribution >= 0.6 is 0 Å². The number of carbonyl (C=O) groups excluding carboxylic acids is 4. The molecule has 0 unspecified atom stereocenters. The number of aryl methyl sites for hydroxylation is 1. The number of amides is 1. The van der Waals surface area contributed by atoms with Crippen molar-refractivity contribution >= 4 is 29.1 Å². The fraction of sp³-hybridized carbons (Fsp3) is 0.684. The summed E-state index contributed by atoms with van der Waals surface area (Å²) in [7, 11) is 3.06. The van der Waals surface area contributed by atoms with E-state index in [-0.39, 0.29) is 54.1 Å². The van der Waals surface area contributed by atoms with E-state index in [1.807, 2.05) is 76.3 Å². The maximum absolute atomic E-state index is 14.5. The average molecular weight is 975 g/mol. The van der Waals surface area contributed by atoms with Crippen molar-refractivity contribution in [2.75, 3.05) is 26.1 Å². The summed E-state index contributed by atoms with van der Waals surface area (Å²) < 4.78 is 24.1. The first-order valence-electron chi connectivity index (χ1n) is 26.2. The lowest BCUT2D eigenvalue weighted by Gasteiger charge is -2.43. The van der Waals surface area contributed by atoms with Gasteiger partial charge in [0.2, 0.25) is 5.79 Å². The molecule has 0 radical (unpaired) electrons. The number of piperidine rings is 1. The quantitative estimate of drug-likeness (QED) is 0.116. The highest BCUT2D eigenvalue weighted by Gasteiger charge is 2.53. The molecule has 70 heavy (non-hydrogen) atoms. The van der Waals surface area contributed by atoms with Gasteiger partial charge in [-0.05, 0) is 151 Å². The summed E-state index contributed by atoms with van der Waals surface area (Å²) in [6, 6.07) is 6.76. The van der Waals surface area contributed by atoms with Gasteiger partial charge in [-0.3, -0.25) is 14.4 Å². The van der Waals surface area contributed by atoms with Crippen molar-refractivity contribution in [3.63, 3.8) is 0 Å². The minimum atomic E-state index is -2.40. The molecule has 3 fully saturated rings. The Hall–Kier alpha value is -3.98. The van der Waals surface area contributed by atoms with Crippen molar-refractivity contribution < 1.29 is 53.4 Å². The zero-order chi connectivity index (χ0) is 51.3. The molecular formula is C57H86N2O11. The number of ketones is 2. The number of hydrogen-bond donors (Lipinski definition) is 4. The number of aliphatic hydroxyl groups excluding tert-OH is 2. The van der Waals surface area contributed by atoms with Crippen LogP contribution in [0.25, 0.3) is 0 Å². The molecular weight excluding hydrogens is 889 g/mol. The third-order valence-electron chi connectivity index (χ3n) is 15.6. The fourth-order valence-corrected chi connectivity index (χ4v) is 11.2. The van der Waals surface area contributed by atoms with Gasteiger partial charge >= 0.3 is 5.97 Å². The van der Waals surface area contributed by atoms with Gasteiger partial charge in [0.25, 0.3) is 11.7 Å². The highest BCUT2D eigenvalue weighted by molar-refractivity contribution is 6.39. The SMILES string of the molecule is CO[C@@H]1C[C@@H](C[C@@H](C)[C@@H]2CC[C@H](C)/C=C(\C)[C@@H](O)[C@@H](OC)C(=O)[C@H](C)C[C@H](C)/C=C/C=C/C=C(\C)[C@H](Nc3cccc(C)c3)C[C@@H]3CC[C@@H](C)[C@@](O)(O3)C(=O)C(=O)N3CCCC[C@H]3C(=O)O2)CC[C@H]1O. The summed E-state index contributed by atoms with van der Waals surface area (Å²) in [5.41, 5.74) is 3.59. The van der Waals surface area contributed by atoms with Crippen LogP contribution in [0.5, 0.6) is 0 Å². The number of nitrogens with one attached hydrogen (secondary N) is 1. The lowest BCUT2D eigenvalue weighted by Crippen LogP contribution is -2.61. The zero-order valence-electron chi connectivity index (χ0n) is 43.8. The van der Waals surface area contributed by atoms with Crippen molar-refractivity contribution in [2.24, 2.45) is 35.5 Å². The number of rotatable bonds is 7. The Bertz CT molecular complexity index is 2030. The topological polar surface area (TPSA) is 181 Å². The molecule has 13 heteroatoms. The van der Waals surface area contributed by atoms with E-state index in [1.54, 1.807) is 21.0 Å². The van der Waals surface area contributed by atoms with Gasteiger partial charge in [-0.1, -0.05) is 88.8 Å². The van der Waals surface area contributed by atoms with E-state index >= 15 is 0 Å². The highest BCUT2D eigenvalue weighted by atomic mass is 16.6. The van der Waals surface area contributed by atoms with Crippen LogP contribution in [0, 0.1) is 42.4 Å². The molecule has 1 aromatic carbocycles. The number of anilines is 1. The zero-order valence-corrected chi connectivity index (χ0v) is 43.8. The Morgan fingerprint density at radius 1 is 0.843 bits per heavy atom. The maximum atomic E-state index is 14.5. The standard InChI is InChI=1S/C57H86N2O11/c1-35-17-12-11-13-19-38(4)46(58-44-20-16-18-36(2)31-44)34-45-25-23-42(8)57(66,70-45)54(63)55(64)59-28-15-14-21-47(59)56(65)69-49(39(5)32-43-24-26-48(60)50(33-43)67-9)27-22-37(3)30-41(7)52(62)53(68-10)51(61)40(6)29-35/h11-13,16-20,30-31,35,37,39-40,42-43,45-50,52-53,58,60,62,66H,14-15,21-29,32-34H2,1-10H3/b13-11+,17-12+,38-19+,41-30+/t35-,37+,39-,40-,42-,43-,45+,46-,47+,48-,49+,50-,52-,53+,57-/m1/s1. The minimum Gasteiger partial charge on any atom is -0.461 e. The molecule has 13 nitrogen and oxygen atoms in total. The van der Waals surface area contributed by atoms with E-state index in [0.717, 1.165) is 29.7 Å². The monoisotopic (exact) mass is 975 g/mol. The molecule has 3 heterocycles. The van der Waals surface area contributed by atoms with Crippen molar-refractivity contribution in [3.05, 3.63) is 77.4 Å². The predicted octanol–water partition coefficient (Wildman–Crippen LogP) is 8.78. The molecule has 5 rings (SSSR count). The molecule has 1 saturated carbocycles. The van der Waals surface area contributed by atoms with Gasteiger partial charge in [-0.15, -0.1) is 0 Å². The molecule has 3 aliphatic heterocycles. The summed E-state index contributed by atoms with van der Waals surface area (Å²) in [4.78, 5) is 58.5. The number of fused-ring (bicyclic) bond motifs is 3. The van der Waals surface area contributed by atoms with Crippen molar-refractivity contribution in [2.45, 2.75) is 193 Å². The van der Waals surface area contributed by atoms with Crippen LogP contribution in [0.3, 0.4) is 0 Å². The van der Waals surface area contributed by atoms with Gasteiger partial charge in [0.05, 0.1) is 18.3 Å². The molecule has 4 aliphatic rings. The number of esters is 1. The van der Waals surface area contributed by atoms with Crippen LogP contribution in [0.2, 0.25) is 0 Å². The van der Waals surface area contributed by atoms with Crippen LogP contribution in [-0.2, 0) is 38.1 Å². The summed E-state index contributed by atoms with van der Waals surface area (Å²) in [6.07, 6.45) is 15.1. The van der Waals surface area contributed by atoms with E-state index < -0.39 is 65.9 Å². The Kier molecular flexibility index (Phi) is 21.7. The largest absolute Gasteiger partial charge is 0.461 e. The van der Waals surface area contributed by atoms with E-state index in [9.17, 15) is 34.5 Å². The van der Waals surface area contributed by atoms with Crippen molar-refractivity contribution in [1.82, 2.24) is 4.90 Å². The van der Waals surface area contributed by atoms with Crippen LogP contribution in [0.15, 0.2) is 71.9 Å². The second kappa shape index (κ2) is 26.6. The number of Topliss-reactive ketones (excluding diaryl/α,β-unsaturated/α-hetero) is 2. The van der Waals surface area contributed by atoms with Gasteiger partial charge in [-0.25, -0.2) is 4.79 Å². The normalized spacial score (nSPS) is 38.2. The molecule has 1 amide bonds. The summed E-state index contributed by atoms with van der Waals surface area (Å²) >= 11 is 0. The molecule has 0 aromatic heterocycles. The first-order valence-corrected chi connectivity index (χ1v) is 26.2. The lowest BCUT2D eigenvalue weighted by molar-refractivity contribution is -0.263. The number of aliphatic hydroxyl groups is 3. The Morgan fingerprint density at radius 3 is 2.31 bits per heavy atom. The number of allylic oxidation sites excluding steroid dienone is 6. The lowest BCUT2D eigenvalue weighted by atomic mass is 9.78. The van der Waals surface area contributed by atoms with Crippen molar-refractivity contribution in [1.29, 1.82) is 0 Å². The number of hydrogen-bond acceptors (Lipinski definition) is 12. The highest BCUT2D eigenvalue weighted by Crippen LogP contribution is 2.38. The number of methoxy groups -OCH3 is 2. The number of carbonyl (C=O) groups is 4. The Labute approximate surface area is 418 Å². The molecule has 0 spiro atoms. The summed E-state index contributed by atoms with van der Waals surface area (Å²) in [5.74, 6) is -6.13. The van der Waals surface area contributed by atoms with E-state index in [4.69, 9.17) is 18.9 Å². The Balaban J connectivity index is 1.48. The third kappa shape index (κ3) is 15.3. The summed E-state index contributed by atoms with van der Waals surface area (Å²) in [6.45, 7) is 15.7. The minimum absolute atomic E-state index is 0.0576. The third-order valence-corrected chi connectivity index (χ3v) is 15.6. The molecule has 4 N–H and O–H groups in total. The second-order valence-electron chi connectivity index (χ2n) is 21.5. The molecule has 2 saturated heterocycles. The summed E-state index contributed by atoms with van der Waals surface area (Å²) in [5, 5.41) is 37.9. The van der Waals surface area contributed by atoms with Gasteiger partial charge in [0, 0.05) is 44.3 Å². The molecule has 15 atom stereocenters. The van der Waals surface area contributed by atoms with E-state index in [1.165, 1.54) is 12.0 Å². The first-order chi connectivity index (χ1) is 33.3. The molecule has 390 valence electrons. The van der Waals surface area contributed by atoms with Gasteiger partial charge in [0.1, 0.15) is 24.4 Å². The second-order valence-corrected chi connectivity index (χ2v) is 21.5. The smallest absolute Gasteiger partial charge is 0.329 e. The number of benzene rings is 1.